The fourth-order valence-corrected chi connectivity index (χ4v) is 2.08. The third-order valence-corrected chi connectivity index (χ3v) is 3.22. The summed E-state index contributed by atoms with van der Waals surface area (Å²) in [5, 5.41) is 12.5. The number of amides is 1. The van der Waals surface area contributed by atoms with Crippen molar-refractivity contribution in [2.45, 2.75) is 26.3 Å². The van der Waals surface area contributed by atoms with Gasteiger partial charge in [0.2, 0.25) is 11.8 Å². The average molecular weight is 300 g/mol. The molecule has 0 radical (unpaired) electrons. The van der Waals surface area contributed by atoms with Crippen LogP contribution in [-0.2, 0) is 17.8 Å². The fraction of sp³-hybridized carbons (Fsp3) is 0.294. The summed E-state index contributed by atoms with van der Waals surface area (Å²) in [6.07, 6.45) is 2.49. The van der Waals surface area contributed by atoms with Gasteiger partial charge in [-0.25, -0.2) is 4.98 Å². The Balaban J connectivity index is 1.84. The lowest BCUT2D eigenvalue weighted by Gasteiger charge is -2.10. The molecule has 0 atom stereocenters. The highest BCUT2D eigenvalue weighted by atomic mass is 16.5. The fourth-order valence-electron chi connectivity index (χ4n) is 2.08. The normalized spacial score (nSPS) is 10.2. The number of carbonyl (C=O) groups excluding carboxylic acids is 1. The van der Waals surface area contributed by atoms with E-state index in [1.54, 1.807) is 18.3 Å². The molecule has 2 rings (SSSR count). The van der Waals surface area contributed by atoms with Gasteiger partial charge in [0.05, 0.1) is 6.61 Å². The van der Waals surface area contributed by atoms with Crippen molar-refractivity contribution < 1.29 is 14.6 Å². The second-order valence-electron chi connectivity index (χ2n) is 4.81. The number of rotatable bonds is 7. The minimum atomic E-state index is -0.0745. The molecule has 5 nitrogen and oxygen atoms in total. The number of ether oxygens (including phenoxy) is 1. The number of benzene rings is 1. The molecule has 2 N–H and O–H groups in total. The quantitative estimate of drug-likeness (QED) is 0.824. The van der Waals surface area contributed by atoms with Gasteiger partial charge in [0.1, 0.15) is 5.75 Å². The maximum atomic E-state index is 11.9. The first-order valence-corrected chi connectivity index (χ1v) is 7.31. The van der Waals surface area contributed by atoms with Gasteiger partial charge in [-0.3, -0.25) is 4.79 Å². The number of nitrogens with zero attached hydrogens (tertiary/aromatic N) is 1. The molecule has 22 heavy (non-hydrogen) atoms. The minimum Gasteiger partial charge on any atom is -0.508 e. The summed E-state index contributed by atoms with van der Waals surface area (Å²) in [6.45, 7) is 2.80. The van der Waals surface area contributed by atoms with Crippen LogP contribution < -0.4 is 10.1 Å². The Bertz CT molecular complexity index is 629. The number of pyridine rings is 1. The van der Waals surface area contributed by atoms with Crippen LogP contribution in [0.4, 0.5) is 0 Å². The molecule has 0 fully saturated rings. The number of phenols is 1. The van der Waals surface area contributed by atoms with Gasteiger partial charge in [-0.15, -0.1) is 0 Å². The molecule has 2 aromatic rings. The number of aromatic hydroxyl groups is 1. The number of phenolic OH excluding ortho intramolecular Hbond substituents is 1. The van der Waals surface area contributed by atoms with Crippen molar-refractivity contribution in [1.29, 1.82) is 0 Å². The Morgan fingerprint density at radius 2 is 2.00 bits per heavy atom. The Labute approximate surface area is 130 Å². The molecule has 0 saturated carbocycles. The Kier molecular flexibility index (Phi) is 5.77. The first-order valence-electron chi connectivity index (χ1n) is 7.31. The van der Waals surface area contributed by atoms with Crippen molar-refractivity contribution in [3.63, 3.8) is 0 Å². The summed E-state index contributed by atoms with van der Waals surface area (Å²) in [5.74, 6) is 0.696. The van der Waals surface area contributed by atoms with Gasteiger partial charge >= 0.3 is 0 Å². The van der Waals surface area contributed by atoms with Crippen LogP contribution in [0.1, 0.15) is 24.5 Å². The van der Waals surface area contributed by atoms with Crippen LogP contribution in [0.15, 0.2) is 42.6 Å². The van der Waals surface area contributed by atoms with E-state index in [0.717, 1.165) is 11.1 Å². The molecular weight excluding hydrogens is 280 g/mol. The third kappa shape index (κ3) is 4.48. The first kappa shape index (κ1) is 15.8. The van der Waals surface area contributed by atoms with E-state index in [2.05, 4.69) is 10.3 Å². The van der Waals surface area contributed by atoms with Gasteiger partial charge in [0.25, 0.3) is 0 Å². The lowest BCUT2D eigenvalue weighted by molar-refractivity contribution is -0.121. The third-order valence-electron chi connectivity index (χ3n) is 3.22. The van der Waals surface area contributed by atoms with Crippen LogP contribution in [0, 0.1) is 0 Å². The maximum absolute atomic E-state index is 11.9. The van der Waals surface area contributed by atoms with E-state index in [-0.39, 0.29) is 11.7 Å². The van der Waals surface area contributed by atoms with Gasteiger partial charge in [0, 0.05) is 24.7 Å². The lowest BCUT2D eigenvalue weighted by Crippen LogP contribution is -2.23. The number of hydrogen-bond donors (Lipinski definition) is 2. The molecular formula is C17H20N2O3. The molecule has 116 valence electrons. The summed E-state index contributed by atoms with van der Waals surface area (Å²) in [4.78, 5) is 16.1. The number of nitrogens with one attached hydrogen (secondary N) is 1. The molecule has 1 aromatic carbocycles. The molecule has 0 aliphatic carbocycles. The zero-order chi connectivity index (χ0) is 15.8. The highest BCUT2D eigenvalue weighted by Gasteiger charge is 2.08. The lowest BCUT2D eigenvalue weighted by atomic mass is 10.1. The zero-order valence-electron chi connectivity index (χ0n) is 12.6. The van der Waals surface area contributed by atoms with Crippen molar-refractivity contribution in [1.82, 2.24) is 10.3 Å². The van der Waals surface area contributed by atoms with Crippen molar-refractivity contribution >= 4 is 5.91 Å². The summed E-state index contributed by atoms with van der Waals surface area (Å²) < 4.78 is 5.42. The molecule has 0 spiro atoms. The van der Waals surface area contributed by atoms with Crippen LogP contribution in [-0.4, -0.2) is 22.6 Å². The summed E-state index contributed by atoms with van der Waals surface area (Å²) in [5.41, 5.74) is 1.62. The molecule has 0 aliphatic rings. The zero-order valence-corrected chi connectivity index (χ0v) is 12.6. The molecule has 0 saturated heterocycles. The predicted molar refractivity (Wildman–Crippen MR) is 83.7 cm³/mol. The van der Waals surface area contributed by atoms with Crippen molar-refractivity contribution in [2.24, 2.45) is 0 Å². The van der Waals surface area contributed by atoms with Crippen LogP contribution in [0.25, 0.3) is 0 Å². The van der Waals surface area contributed by atoms with Crippen molar-refractivity contribution in [2.75, 3.05) is 6.61 Å². The van der Waals surface area contributed by atoms with Gasteiger partial charge in [-0.2, -0.15) is 0 Å². The number of para-hydroxylation sites is 1. The van der Waals surface area contributed by atoms with E-state index >= 15 is 0 Å². The monoisotopic (exact) mass is 300 g/mol. The summed E-state index contributed by atoms with van der Waals surface area (Å²) in [7, 11) is 0. The van der Waals surface area contributed by atoms with E-state index in [0.29, 0.717) is 31.9 Å². The van der Waals surface area contributed by atoms with E-state index in [1.807, 2.05) is 31.2 Å². The van der Waals surface area contributed by atoms with Gasteiger partial charge in [-0.1, -0.05) is 24.3 Å². The topological polar surface area (TPSA) is 71.5 Å². The smallest absolute Gasteiger partial charge is 0.220 e. The van der Waals surface area contributed by atoms with Gasteiger partial charge < -0.3 is 15.2 Å². The highest BCUT2D eigenvalue weighted by molar-refractivity contribution is 5.76. The molecule has 5 heteroatoms. The SMILES string of the molecule is CCOc1ncccc1CNC(=O)CCc1ccccc1O. The molecule has 1 amide bonds. The molecule has 1 aromatic heterocycles. The number of aryl methyl sites for hydroxylation is 1. The largest absolute Gasteiger partial charge is 0.508 e. The highest BCUT2D eigenvalue weighted by Crippen LogP contribution is 2.17. The number of carbonyl (C=O) groups is 1. The maximum Gasteiger partial charge on any atom is 0.220 e. The second kappa shape index (κ2) is 8.02. The van der Waals surface area contributed by atoms with E-state index in [4.69, 9.17) is 4.74 Å². The molecule has 0 bridgehead atoms. The molecule has 0 aliphatic heterocycles. The predicted octanol–water partition coefficient (Wildman–Crippen LogP) is 2.43. The standard InChI is InChI=1S/C17H20N2O3/c1-2-22-17-14(7-5-11-18-17)12-19-16(21)10-9-13-6-3-4-8-15(13)20/h3-8,11,20H,2,9-10,12H2,1H3,(H,19,21). The summed E-state index contributed by atoms with van der Waals surface area (Å²) in [6, 6.07) is 10.7. The number of hydrogen-bond acceptors (Lipinski definition) is 4. The van der Waals surface area contributed by atoms with Gasteiger partial charge in [-0.05, 0) is 31.0 Å². The van der Waals surface area contributed by atoms with Crippen molar-refractivity contribution in [3.8, 4) is 11.6 Å². The number of aromatic nitrogens is 1. The van der Waals surface area contributed by atoms with Crippen molar-refractivity contribution in [3.05, 3.63) is 53.7 Å². The van der Waals surface area contributed by atoms with E-state index < -0.39 is 0 Å². The van der Waals surface area contributed by atoms with Crippen LogP contribution >= 0.6 is 0 Å². The Morgan fingerprint density at radius 3 is 2.77 bits per heavy atom. The van der Waals surface area contributed by atoms with Crippen LogP contribution in [0.5, 0.6) is 11.6 Å². The first-order chi connectivity index (χ1) is 10.7. The molecule has 0 unspecified atom stereocenters. The minimum absolute atomic E-state index is 0.0745. The average Bonchev–Trinajstić information content (AvgIpc) is 2.53. The van der Waals surface area contributed by atoms with E-state index in [9.17, 15) is 9.90 Å². The van der Waals surface area contributed by atoms with E-state index in [1.165, 1.54) is 0 Å². The van der Waals surface area contributed by atoms with Crippen LogP contribution in [0.3, 0.4) is 0 Å². The Morgan fingerprint density at radius 1 is 1.23 bits per heavy atom. The Hall–Kier alpha value is -2.56. The summed E-state index contributed by atoms with van der Waals surface area (Å²) >= 11 is 0. The van der Waals surface area contributed by atoms with Crippen LogP contribution in [0.2, 0.25) is 0 Å². The van der Waals surface area contributed by atoms with Gasteiger partial charge in [0.15, 0.2) is 0 Å². The molecule has 1 heterocycles. The second-order valence-corrected chi connectivity index (χ2v) is 4.81.